The molecule has 3 rings (SSSR count). The number of aromatic nitrogens is 2. The van der Waals surface area contributed by atoms with Gasteiger partial charge < -0.3 is 4.98 Å². The fourth-order valence-electron chi connectivity index (χ4n) is 1.90. The van der Waals surface area contributed by atoms with E-state index in [1.807, 2.05) is 17.5 Å². The molecular weight excluding hydrogens is 303 g/mol. The normalized spacial score (nSPS) is 11.1. The van der Waals surface area contributed by atoms with Crippen molar-refractivity contribution in [2.75, 3.05) is 0 Å². The molecule has 1 N–H and O–H groups in total. The minimum absolute atomic E-state index is 0.160. The molecule has 0 saturated carbocycles. The van der Waals surface area contributed by atoms with Crippen molar-refractivity contribution in [3.8, 4) is 11.1 Å². The zero-order chi connectivity index (χ0) is 13.4. The van der Waals surface area contributed by atoms with Gasteiger partial charge in [0, 0.05) is 16.0 Å². The van der Waals surface area contributed by atoms with Gasteiger partial charge in [0.2, 0.25) is 0 Å². The van der Waals surface area contributed by atoms with E-state index in [1.165, 1.54) is 11.3 Å². The van der Waals surface area contributed by atoms with Gasteiger partial charge >= 0.3 is 0 Å². The number of fused-ring (bicyclic) bond motifs is 1. The fraction of sp³-hybridized carbons (Fsp3) is 0.0769. The van der Waals surface area contributed by atoms with Crippen molar-refractivity contribution < 1.29 is 0 Å². The summed E-state index contributed by atoms with van der Waals surface area (Å²) in [6.07, 6.45) is 0. The quantitative estimate of drug-likeness (QED) is 0.726. The van der Waals surface area contributed by atoms with Crippen LogP contribution in [0.5, 0.6) is 0 Å². The van der Waals surface area contributed by atoms with Gasteiger partial charge in [0.1, 0.15) is 10.7 Å². The van der Waals surface area contributed by atoms with Gasteiger partial charge in [0.25, 0.3) is 5.56 Å². The van der Waals surface area contributed by atoms with Crippen LogP contribution in [0.15, 0.2) is 34.4 Å². The molecule has 2 aromatic heterocycles. The summed E-state index contributed by atoms with van der Waals surface area (Å²) in [5, 5.41) is 3.19. The van der Waals surface area contributed by atoms with Crippen molar-refractivity contribution in [3.63, 3.8) is 0 Å². The fourth-order valence-corrected chi connectivity index (χ4v) is 3.12. The molecule has 96 valence electrons. The van der Waals surface area contributed by atoms with Crippen LogP contribution >= 0.6 is 34.5 Å². The van der Waals surface area contributed by atoms with Crippen LogP contribution in [0.2, 0.25) is 5.02 Å². The smallest absolute Gasteiger partial charge is 0.260 e. The highest BCUT2D eigenvalue weighted by molar-refractivity contribution is 7.17. The van der Waals surface area contributed by atoms with E-state index in [2.05, 4.69) is 9.97 Å². The molecule has 3 aromatic rings. The predicted molar refractivity (Wildman–Crippen MR) is 80.2 cm³/mol. The lowest BCUT2D eigenvalue weighted by Crippen LogP contribution is -2.10. The van der Waals surface area contributed by atoms with Gasteiger partial charge in [-0.05, 0) is 17.7 Å². The van der Waals surface area contributed by atoms with Crippen molar-refractivity contribution in [1.82, 2.24) is 9.97 Å². The maximum Gasteiger partial charge on any atom is 0.260 e. The Labute approximate surface area is 122 Å². The van der Waals surface area contributed by atoms with Crippen LogP contribution in [-0.2, 0) is 5.88 Å². The molecular formula is C13H8Cl2N2OS. The summed E-state index contributed by atoms with van der Waals surface area (Å²) in [5.41, 5.74) is 1.65. The minimum atomic E-state index is -0.160. The Bertz CT molecular complexity index is 793. The molecule has 0 atom stereocenters. The highest BCUT2D eigenvalue weighted by atomic mass is 35.5. The highest BCUT2D eigenvalue weighted by Crippen LogP contribution is 2.31. The second-order valence-corrected chi connectivity index (χ2v) is 5.54. The van der Waals surface area contributed by atoms with E-state index >= 15 is 0 Å². The van der Waals surface area contributed by atoms with Crippen LogP contribution < -0.4 is 5.56 Å². The summed E-state index contributed by atoms with van der Waals surface area (Å²) in [6.45, 7) is 0. The van der Waals surface area contributed by atoms with E-state index in [1.54, 1.807) is 12.1 Å². The second-order valence-electron chi connectivity index (χ2n) is 3.98. The van der Waals surface area contributed by atoms with Gasteiger partial charge in [-0.1, -0.05) is 23.7 Å². The molecule has 6 heteroatoms. The summed E-state index contributed by atoms with van der Waals surface area (Å²) in [5.74, 6) is 0.683. The molecule has 0 saturated heterocycles. The number of nitrogens with one attached hydrogen (secondary N) is 1. The number of nitrogens with zero attached hydrogens (tertiary/aromatic N) is 1. The first-order valence-corrected chi connectivity index (χ1v) is 7.30. The van der Waals surface area contributed by atoms with Gasteiger partial charge in [0.05, 0.1) is 11.3 Å². The van der Waals surface area contributed by atoms with Crippen LogP contribution in [0.4, 0.5) is 0 Å². The molecule has 0 fully saturated rings. The molecule has 0 unspecified atom stereocenters. The SMILES string of the molecule is O=c1[nH]c(CCl)nc2scc(-c3ccc(Cl)cc3)c12. The van der Waals surface area contributed by atoms with E-state index in [4.69, 9.17) is 23.2 Å². The number of halogens is 2. The van der Waals surface area contributed by atoms with Gasteiger partial charge in [0.15, 0.2) is 0 Å². The summed E-state index contributed by atoms with van der Waals surface area (Å²) >= 11 is 13.0. The van der Waals surface area contributed by atoms with Crippen LogP contribution in [0.25, 0.3) is 21.3 Å². The van der Waals surface area contributed by atoms with Crippen molar-refractivity contribution >= 4 is 44.8 Å². The summed E-state index contributed by atoms with van der Waals surface area (Å²) in [7, 11) is 0. The summed E-state index contributed by atoms with van der Waals surface area (Å²) in [4.78, 5) is 19.8. The van der Waals surface area contributed by atoms with E-state index in [0.29, 0.717) is 21.1 Å². The number of H-pyrrole nitrogens is 1. The number of hydrogen-bond acceptors (Lipinski definition) is 3. The maximum atomic E-state index is 12.1. The largest absolute Gasteiger partial charge is 0.309 e. The molecule has 0 bridgehead atoms. The molecule has 1 aromatic carbocycles. The standard InChI is InChI=1S/C13H8Cl2N2OS/c14-5-10-16-12(18)11-9(6-19-13(11)17-10)7-1-3-8(15)4-2-7/h1-4,6H,5H2,(H,16,17,18). The molecule has 0 aliphatic rings. The average Bonchev–Trinajstić information content (AvgIpc) is 2.84. The van der Waals surface area contributed by atoms with E-state index in [0.717, 1.165) is 11.1 Å². The second kappa shape index (κ2) is 4.96. The number of thiophene rings is 1. The maximum absolute atomic E-state index is 12.1. The van der Waals surface area contributed by atoms with Crippen LogP contribution in [-0.4, -0.2) is 9.97 Å². The molecule has 0 aliphatic heterocycles. The monoisotopic (exact) mass is 310 g/mol. The van der Waals surface area contributed by atoms with Crippen LogP contribution in [0.3, 0.4) is 0 Å². The molecule has 0 spiro atoms. The number of hydrogen-bond donors (Lipinski definition) is 1. The minimum Gasteiger partial charge on any atom is -0.309 e. The lowest BCUT2D eigenvalue weighted by Gasteiger charge is -2.00. The molecule has 0 amide bonds. The Morgan fingerprint density at radius 3 is 2.68 bits per heavy atom. The van der Waals surface area contributed by atoms with Crippen molar-refractivity contribution in [3.05, 3.63) is 50.8 Å². The van der Waals surface area contributed by atoms with Gasteiger partial charge in [-0.2, -0.15) is 0 Å². The van der Waals surface area contributed by atoms with Crippen LogP contribution in [0, 0.1) is 0 Å². The zero-order valence-electron chi connectivity index (χ0n) is 9.61. The Balaban J connectivity index is 2.26. The zero-order valence-corrected chi connectivity index (χ0v) is 11.9. The lowest BCUT2D eigenvalue weighted by molar-refractivity contribution is 1.04. The Morgan fingerprint density at radius 2 is 2.00 bits per heavy atom. The summed E-state index contributed by atoms with van der Waals surface area (Å²) in [6, 6.07) is 7.38. The first kappa shape index (κ1) is 12.7. The van der Waals surface area contributed by atoms with Crippen molar-refractivity contribution in [1.29, 1.82) is 0 Å². The molecule has 0 aliphatic carbocycles. The lowest BCUT2D eigenvalue weighted by atomic mass is 10.1. The van der Waals surface area contributed by atoms with E-state index in [-0.39, 0.29) is 11.4 Å². The Kier molecular flexibility index (Phi) is 3.31. The van der Waals surface area contributed by atoms with Crippen molar-refractivity contribution in [2.24, 2.45) is 0 Å². The van der Waals surface area contributed by atoms with E-state index in [9.17, 15) is 4.79 Å². The highest BCUT2D eigenvalue weighted by Gasteiger charge is 2.12. The third-order valence-corrected chi connectivity index (χ3v) is 4.15. The third-order valence-electron chi connectivity index (χ3n) is 2.77. The molecule has 19 heavy (non-hydrogen) atoms. The van der Waals surface area contributed by atoms with Crippen molar-refractivity contribution in [2.45, 2.75) is 5.88 Å². The Hall–Kier alpha value is -1.36. The topological polar surface area (TPSA) is 45.8 Å². The molecule has 0 radical (unpaired) electrons. The summed E-state index contributed by atoms with van der Waals surface area (Å²) < 4.78 is 0. The average molecular weight is 311 g/mol. The van der Waals surface area contributed by atoms with Gasteiger partial charge in [-0.15, -0.1) is 22.9 Å². The number of rotatable bonds is 2. The first-order chi connectivity index (χ1) is 9.19. The first-order valence-electron chi connectivity index (χ1n) is 5.51. The Morgan fingerprint density at radius 1 is 1.26 bits per heavy atom. The van der Waals surface area contributed by atoms with Crippen LogP contribution in [0.1, 0.15) is 5.82 Å². The van der Waals surface area contributed by atoms with E-state index < -0.39 is 0 Å². The third kappa shape index (κ3) is 2.27. The number of aromatic amines is 1. The number of alkyl halides is 1. The predicted octanol–water partition coefficient (Wildman–Crippen LogP) is 4.04. The van der Waals surface area contributed by atoms with Gasteiger partial charge in [-0.25, -0.2) is 4.98 Å². The van der Waals surface area contributed by atoms with Gasteiger partial charge in [-0.3, -0.25) is 4.79 Å². The molecule has 2 heterocycles. The number of benzene rings is 1. The molecule has 3 nitrogen and oxygen atoms in total.